The number of carbonyl (C=O) groups excluding carboxylic acids is 1. The maximum absolute atomic E-state index is 12.8. The molecule has 28 heavy (non-hydrogen) atoms. The van der Waals surface area contributed by atoms with Gasteiger partial charge in [0.15, 0.2) is 6.54 Å². The molecule has 154 valence electrons. The van der Waals surface area contributed by atoms with Crippen LogP contribution in [0.15, 0.2) is 40.6 Å². The molecule has 0 bridgehead atoms. The van der Waals surface area contributed by atoms with Crippen molar-refractivity contribution >= 4 is 33.0 Å². The lowest BCUT2D eigenvalue weighted by molar-refractivity contribution is -0.903. The molecule has 1 atom stereocenters. The minimum atomic E-state index is -3.56. The van der Waals surface area contributed by atoms with Gasteiger partial charge in [-0.15, -0.1) is 11.3 Å². The average molecular weight is 425 g/mol. The Morgan fingerprint density at radius 2 is 1.89 bits per heavy atom. The molecule has 0 aliphatic carbocycles. The van der Waals surface area contributed by atoms with Gasteiger partial charge in [0.05, 0.1) is 16.3 Å². The zero-order valence-corrected chi connectivity index (χ0v) is 18.6. The third-order valence-corrected chi connectivity index (χ3v) is 7.66. The molecule has 1 amide bonds. The van der Waals surface area contributed by atoms with Crippen LogP contribution in [-0.2, 0) is 21.4 Å². The lowest BCUT2D eigenvalue weighted by Gasteiger charge is -2.20. The molecule has 0 spiro atoms. The van der Waals surface area contributed by atoms with Crippen molar-refractivity contribution in [3.05, 3.63) is 46.2 Å². The third kappa shape index (κ3) is 5.64. The molecule has 2 rings (SSSR count). The fourth-order valence-electron chi connectivity index (χ4n) is 3.00. The van der Waals surface area contributed by atoms with Gasteiger partial charge in [-0.25, -0.2) is 8.42 Å². The predicted molar refractivity (Wildman–Crippen MR) is 114 cm³/mol. The number of nitrogens with zero attached hydrogens (tertiary/aromatic N) is 1. The summed E-state index contributed by atoms with van der Waals surface area (Å²) in [6, 6.07) is 8.98. The van der Waals surface area contributed by atoms with E-state index in [-0.39, 0.29) is 10.8 Å². The van der Waals surface area contributed by atoms with E-state index in [1.807, 2.05) is 32.2 Å². The first kappa shape index (κ1) is 22.5. The van der Waals surface area contributed by atoms with Crippen LogP contribution in [0.25, 0.3) is 0 Å². The first-order valence-corrected chi connectivity index (χ1v) is 11.9. The monoisotopic (exact) mass is 424 g/mol. The number of aryl methyl sites for hydroxylation is 1. The summed E-state index contributed by atoms with van der Waals surface area (Å²) in [4.78, 5) is 15.2. The van der Waals surface area contributed by atoms with E-state index in [4.69, 9.17) is 0 Å². The van der Waals surface area contributed by atoms with E-state index in [0.29, 0.717) is 25.3 Å². The van der Waals surface area contributed by atoms with Gasteiger partial charge in [0, 0.05) is 18.8 Å². The van der Waals surface area contributed by atoms with Crippen LogP contribution in [0, 0.1) is 6.92 Å². The van der Waals surface area contributed by atoms with Crippen molar-refractivity contribution in [2.24, 2.45) is 0 Å². The first-order chi connectivity index (χ1) is 13.3. The lowest BCUT2D eigenvalue weighted by Crippen LogP contribution is -3.11. The normalized spacial score (nSPS) is 12.9. The molecule has 8 heteroatoms. The molecule has 0 fully saturated rings. The van der Waals surface area contributed by atoms with Gasteiger partial charge in [0.1, 0.15) is 6.54 Å². The summed E-state index contributed by atoms with van der Waals surface area (Å²) in [5.74, 6) is -0.117. The van der Waals surface area contributed by atoms with Crippen LogP contribution < -0.4 is 10.2 Å². The number of hydrogen-bond donors (Lipinski definition) is 2. The predicted octanol–water partition coefficient (Wildman–Crippen LogP) is 2.13. The van der Waals surface area contributed by atoms with Crippen molar-refractivity contribution < 1.29 is 18.1 Å². The number of amides is 1. The Morgan fingerprint density at radius 3 is 2.46 bits per heavy atom. The number of quaternary nitrogens is 1. The summed E-state index contributed by atoms with van der Waals surface area (Å²) in [5.41, 5.74) is 1.38. The number of hydrogen-bond acceptors (Lipinski definition) is 4. The summed E-state index contributed by atoms with van der Waals surface area (Å²) in [7, 11) is -3.56. The second-order valence-electron chi connectivity index (χ2n) is 6.65. The summed E-state index contributed by atoms with van der Waals surface area (Å²) in [5, 5.41) is 4.94. The second kappa shape index (κ2) is 10.2. The number of carbonyl (C=O) groups is 1. The van der Waals surface area contributed by atoms with E-state index in [2.05, 4.69) is 18.3 Å². The maximum atomic E-state index is 12.8. The zero-order valence-electron chi connectivity index (χ0n) is 17.0. The highest BCUT2D eigenvalue weighted by Gasteiger charge is 2.23. The number of thiophene rings is 1. The average Bonchev–Trinajstić information content (AvgIpc) is 3.16. The highest BCUT2D eigenvalue weighted by molar-refractivity contribution is 7.89. The van der Waals surface area contributed by atoms with Crippen molar-refractivity contribution in [1.29, 1.82) is 0 Å². The van der Waals surface area contributed by atoms with Crippen molar-refractivity contribution in [3.63, 3.8) is 0 Å². The number of sulfonamides is 1. The molecule has 1 aromatic heterocycles. The molecule has 0 radical (unpaired) electrons. The maximum Gasteiger partial charge on any atom is 0.279 e. The molecule has 1 aromatic carbocycles. The zero-order chi connectivity index (χ0) is 20.7. The van der Waals surface area contributed by atoms with Gasteiger partial charge in [0.25, 0.3) is 5.91 Å². The number of benzene rings is 1. The van der Waals surface area contributed by atoms with Gasteiger partial charge >= 0.3 is 0 Å². The Labute approximate surface area is 172 Å². The van der Waals surface area contributed by atoms with Crippen LogP contribution in [0.5, 0.6) is 0 Å². The van der Waals surface area contributed by atoms with Crippen LogP contribution in [0.2, 0.25) is 0 Å². The minimum absolute atomic E-state index is 0.117. The minimum Gasteiger partial charge on any atom is -0.323 e. The highest BCUT2D eigenvalue weighted by Crippen LogP contribution is 2.22. The molecule has 0 aliphatic rings. The van der Waals surface area contributed by atoms with Gasteiger partial charge in [-0.2, -0.15) is 4.31 Å². The first-order valence-electron chi connectivity index (χ1n) is 9.58. The highest BCUT2D eigenvalue weighted by atomic mass is 32.2. The van der Waals surface area contributed by atoms with Gasteiger partial charge in [-0.1, -0.05) is 26.0 Å². The van der Waals surface area contributed by atoms with E-state index >= 15 is 0 Å². The number of nitrogens with one attached hydrogen (secondary N) is 2. The van der Waals surface area contributed by atoms with Crippen LogP contribution in [0.1, 0.15) is 31.2 Å². The Kier molecular flexibility index (Phi) is 8.18. The summed E-state index contributed by atoms with van der Waals surface area (Å²) in [6.45, 7) is 10.3. The van der Waals surface area contributed by atoms with Crippen LogP contribution >= 0.6 is 11.3 Å². The largest absolute Gasteiger partial charge is 0.323 e. The lowest BCUT2D eigenvalue weighted by atomic mass is 10.2. The Bertz CT molecular complexity index is 876. The molecule has 0 aliphatic heterocycles. The van der Waals surface area contributed by atoms with Crippen molar-refractivity contribution in [1.82, 2.24) is 4.31 Å². The smallest absolute Gasteiger partial charge is 0.279 e. The number of rotatable bonds is 10. The molecule has 6 nitrogen and oxygen atoms in total. The Hall–Kier alpha value is -1.74. The van der Waals surface area contributed by atoms with E-state index in [0.717, 1.165) is 23.6 Å². The van der Waals surface area contributed by atoms with Crippen molar-refractivity contribution in [2.45, 2.75) is 39.1 Å². The fourth-order valence-corrected chi connectivity index (χ4v) is 5.26. The number of anilines is 1. The molecular formula is C20H30N3O3S2+. The molecule has 1 heterocycles. The van der Waals surface area contributed by atoms with Gasteiger partial charge in [-0.05, 0) is 43.0 Å². The van der Waals surface area contributed by atoms with Gasteiger partial charge in [-0.3, -0.25) is 4.79 Å². The summed E-state index contributed by atoms with van der Waals surface area (Å²) < 4.78 is 26.9. The van der Waals surface area contributed by atoms with Crippen LogP contribution in [0.4, 0.5) is 5.69 Å². The second-order valence-corrected chi connectivity index (χ2v) is 9.62. The van der Waals surface area contributed by atoms with Gasteiger partial charge < -0.3 is 10.2 Å². The Morgan fingerprint density at radius 1 is 1.18 bits per heavy atom. The summed E-state index contributed by atoms with van der Waals surface area (Å²) >= 11 is 1.69. The van der Waals surface area contributed by atoms with E-state index in [1.165, 1.54) is 9.18 Å². The van der Waals surface area contributed by atoms with Crippen molar-refractivity contribution in [3.8, 4) is 0 Å². The van der Waals surface area contributed by atoms with E-state index in [9.17, 15) is 13.2 Å². The molecule has 2 aromatic rings. The SMILES string of the molecule is CCN(CC)S(=O)(=O)c1ccc(C)c(NC(=O)C[NH+](CC)Cc2cccs2)c1. The third-order valence-electron chi connectivity index (χ3n) is 4.74. The molecular weight excluding hydrogens is 394 g/mol. The van der Waals surface area contributed by atoms with Crippen LogP contribution in [-0.4, -0.2) is 44.8 Å². The summed E-state index contributed by atoms with van der Waals surface area (Å²) in [6.07, 6.45) is 0. The van der Waals surface area contributed by atoms with E-state index < -0.39 is 10.0 Å². The Balaban J connectivity index is 2.13. The topological polar surface area (TPSA) is 70.9 Å². The standard InChI is InChI=1S/C20H29N3O3S2/c1-5-22(14-17-9-8-12-27-17)15-20(24)21-19-13-18(11-10-16(19)4)28(25,26)23(6-2)7-3/h8-13H,5-7,14-15H2,1-4H3,(H,21,24)/p+1. The van der Waals surface area contributed by atoms with Crippen molar-refractivity contribution in [2.75, 3.05) is 31.5 Å². The number of likely N-dealkylation sites (N-methyl/N-ethyl adjacent to an activating group) is 1. The van der Waals surface area contributed by atoms with Crippen LogP contribution in [0.3, 0.4) is 0 Å². The fraction of sp³-hybridized carbons (Fsp3) is 0.450. The molecule has 0 saturated heterocycles. The molecule has 0 saturated carbocycles. The van der Waals surface area contributed by atoms with Gasteiger partial charge in [0.2, 0.25) is 10.0 Å². The quantitative estimate of drug-likeness (QED) is 0.614. The molecule has 2 N–H and O–H groups in total. The molecule has 1 unspecified atom stereocenters. The van der Waals surface area contributed by atoms with E-state index in [1.54, 1.807) is 29.5 Å².